The van der Waals surface area contributed by atoms with Gasteiger partial charge in [0.05, 0.1) is 5.56 Å². The number of hydrogen-bond donors (Lipinski definition) is 1. The number of aromatic nitrogens is 1. The number of benzene rings is 1. The predicted octanol–water partition coefficient (Wildman–Crippen LogP) is 3.81. The summed E-state index contributed by atoms with van der Waals surface area (Å²) in [7, 11) is 0. The first kappa shape index (κ1) is 19.9. The van der Waals surface area contributed by atoms with Crippen LogP contribution in [0.4, 0.5) is 11.5 Å². The van der Waals surface area contributed by atoms with Gasteiger partial charge in [-0.3, -0.25) is 9.59 Å². The van der Waals surface area contributed by atoms with Crippen molar-refractivity contribution in [3.63, 3.8) is 0 Å². The van der Waals surface area contributed by atoms with Crippen LogP contribution in [0.5, 0.6) is 0 Å². The number of rotatable bonds is 6. The van der Waals surface area contributed by atoms with E-state index in [2.05, 4.69) is 15.2 Å². The average Bonchev–Trinajstić information content (AvgIpc) is 2.75. The van der Waals surface area contributed by atoms with E-state index in [0.29, 0.717) is 29.9 Å². The van der Waals surface area contributed by atoms with Gasteiger partial charge in [-0.25, -0.2) is 4.98 Å². The van der Waals surface area contributed by atoms with Crippen LogP contribution in [0.2, 0.25) is 0 Å². The molecule has 0 radical (unpaired) electrons. The lowest BCUT2D eigenvalue weighted by Gasteiger charge is -2.29. The molecular formula is C22H28N4O2. The maximum Gasteiger partial charge on any atom is 0.259 e. The highest BCUT2D eigenvalue weighted by Gasteiger charge is 2.20. The fourth-order valence-corrected chi connectivity index (χ4v) is 3.52. The average molecular weight is 380 g/mol. The highest BCUT2D eigenvalue weighted by molar-refractivity contribution is 6.07. The summed E-state index contributed by atoms with van der Waals surface area (Å²) in [6, 6.07) is 10.6. The van der Waals surface area contributed by atoms with Crippen LogP contribution < -0.4 is 10.2 Å². The summed E-state index contributed by atoms with van der Waals surface area (Å²) < 4.78 is 0. The van der Waals surface area contributed by atoms with Crippen LogP contribution in [-0.2, 0) is 0 Å². The molecule has 0 aliphatic carbocycles. The standard InChI is InChI=1S/C22H28N4O2/c1-3-25(4-2)22(28)17-10-12-18(13-11-17)24-21(27)19-9-8-14-23-20(19)26-15-6-5-7-16-26/h8-14H,3-7,15-16H2,1-2H3,(H,24,27). The fraction of sp³-hybridized carbons (Fsp3) is 0.409. The van der Waals surface area contributed by atoms with Gasteiger partial charge in [-0.2, -0.15) is 0 Å². The second-order valence-corrected chi connectivity index (χ2v) is 6.93. The van der Waals surface area contributed by atoms with Gasteiger partial charge in [0.15, 0.2) is 0 Å². The van der Waals surface area contributed by atoms with Gasteiger partial charge >= 0.3 is 0 Å². The lowest BCUT2D eigenvalue weighted by Crippen LogP contribution is -2.32. The predicted molar refractivity (Wildman–Crippen MR) is 112 cm³/mol. The van der Waals surface area contributed by atoms with Gasteiger partial charge in [0.1, 0.15) is 5.82 Å². The van der Waals surface area contributed by atoms with Crippen LogP contribution in [0.3, 0.4) is 0 Å². The third-order valence-electron chi connectivity index (χ3n) is 5.13. The summed E-state index contributed by atoms with van der Waals surface area (Å²) >= 11 is 0. The summed E-state index contributed by atoms with van der Waals surface area (Å²) in [6.07, 6.45) is 5.21. The third kappa shape index (κ3) is 4.50. The Bertz CT molecular complexity index is 810. The molecule has 3 rings (SSSR count). The molecule has 1 aromatic carbocycles. The van der Waals surface area contributed by atoms with Crippen molar-refractivity contribution >= 4 is 23.3 Å². The molecule has 1 aliphatic heterocycles. The van der Waals surface area contributed by atoms with Gasteiger partial charge in [-0.1, -0.05) is 0 Å². The lowest BCUT2D eigenvalue weighted by atomic mass is 10.1. The molecule has 1 aliphatic rings. The van der Waals surface area contributed by atoms with Gasteiger partial charge in [-0.05, 0) is 69.5 Å². The van der Waals surface area contributed by atoms with Crippen molar-refractivity contribution < 1.29 is 9.59 Å². The molecule has 0 spiro atoms. The Morgan fingerprint density at radius 3 is 2.36 bits per heavy atom. The fourth-order valence-electron chi connectivity index (χ4n) is 3.52. The number of carbonyl (C=O) groups is 2. The number of anilines is 2. The Balaban J connectivity index is 1.72. The molecule has 148 valence electrons. The largest absolute Gasteiger partial charge is 0.356 e. The van der Waals surface area contributed by atoms with Gasteiger partial charge in [0.2, 0.25) is 0 Å². The summed E-state index contributed by atoms with van der Waals surface area (Å²) in [4.78, 5) is 33.7. The first-order valence-electron chi connectivity index (χ1n) is 10.0. The summed E-state index contributed by atoms with van der Waals surface area (Å²) in [5.74, 6) is 0.562. The zero-order chi connectivity index (χ0) is 19.9. The molecule has 6 heteroatoms. The number of nitrogens with zero attached hydrogens (tertiary/aromatic N) is 3. The van der Waals surface area contributed by atoms with E-state index in [1.807, 2.05) is 19.9 Å². The molecular weight excluding hydrogens is 352 g/mol. The Hall–Kier alpha value is -2.89. The van der Waals surface area contributed by atoms with Crippen LogP contribution in [0, 0.1) is 0 Å². The topological polar surface area (TPSA) is 65.5 Å². The number of amides is 2. The van der Waals surface area contributed by atoms with E-state index in [9.17, 15) is 9.59 Å². The quantitative estimate of drug-likeness (QED) is 0.828. The molecule has 2 amide bonds. The number of hydrogen-bond acceptors (Lipinski definition) is 4. The van der Waals surface area contributed by atoms with E-state index in [0.717, 1.165) is 31.7 Å². The van der Waals surface area contributed by atoms with Crippen molar-refractivity contribution in [1.29, 1.82) is 0 Å². The molecule has 0 unspecified atom stereocenters. The number of carbonyl (C=O) groups excluding carboxylic acids is 2. The molecule has 28 heavy (non-hydrogen) atoms. The Labute approximate surface area is 166 Å². The molecule has 2 heterocycles. The van der Waals surface area contributed by atoms with Crippen LogP contribution in [0.15, 0.2) is 42.6 Å². The summed E-state index contributed by atoms with van der Waals surface area (Å²) in [5, 5.41) is 2.93. The monoisotopic (exact) mass is 380 g/mol. The van der Waals surface area contributed by atoms with Gasteiger partial charge in [0.25, 0.3) is 11.8 Å². The normalized spacial score (nSPS) is 13.9. The van der Waals surface area contributed by atoms with Crippen molar-refractivity contribution in [2.75, 3.05) is 36.4 Å². The van der Waals surface area contributed by atoms with Gasteiger partial charge in [-0.15, -0.1) is 0 Å². The Morgan fingerprint density at radius 1 is 1.04 bits per heavy atom. The van der Waals surface area contributed by atoms with Crippen molar-refractivity contribution in [3.8, 4) is 0 Å². The maximum atomic E-state index is 12.8. The van der Waals surface area contributed by atoms with Crippen molar-refractivity contribution in [1.82, 2.24) is 9.88 Å². The summed E-state index contributed by atoms with van der Waals surface area (Å²) in [5.41, 5.74) is 1.86. The number of piperidine rings is 1. The molecule has 1 fully saturated rings. The van der Waals surface area contributed by atoms with Gasteiger partial charge < -0.3 is 15.1 Å². The molecule has 1 saturated heterocycles. The second-order valence-electron chi connectivity index (χ2n) is 6.93. The molecule has 0 atom stereocenters. The Kier molecular flexibility index (Phi) is 6.63. The zero-order valence-electron chi connectivity index (χ0n) is 16.6. The maximum absolute atomic E-state index is 12.8. The number of nitrogens with one attached hydrogen (secondary N) is 1. The van der Waals surface area contributed by atoms with E-state index < -0.39 is 0 Å². The van der Waals surface area contributed by atoms with Crippen LogP contribution in [0.1, 0.15) is 53.8 Å². The smallest absolute Gasteiger partial charge is 0.259 e. The van der Waals surface area contributed by atoms with Crippen LogP contribution in [0.25, 0.3) is 0 Å². The molecule has 1 aromatic heterocycles. The Morgan fingerprint density at radius 2 is 1.71 bits per heavy atom. The highest BCUT2D eigenvalue weighted by Crippen LogP contribution is 2.23. The van der Waals surface area contributed by atoms with E-state index in [1.165, 1.54) is 6.42 Å². The van der Waals surface area contributed by atoms with Crippen molar-refractivity contribution in [2.24, 2.45) is 0 Å². The third-order valence-corrected chi connectivity index (χ3v) is 5.13. The molecule has 1 N–H and O–H groups in total. The van der Waals surface area contributed by atoms with Crippen molar-refractivity contribution in [3.05, 3.63) is 53.7 Å². The molecule has 0 saturated carbocycles. The molecule has 0 bridgehead atoms. The highest BCUT2D eigenvalue weighted by atomic mass is 16.2. The lowest BCUT2D eigenvalue weighted by molar-refractivity contribution is 0.0773. The zero-order valence-corrected chi connectivity index (χ0v) is 16.6. The first-order valence-corrected chi connectivity index (χ1v) is 10.0. The SMILES string of the molecule is CCN(CC)C(=O)c1ccc(NC(=O)c2cccnc2N2CCCCC2)cc1. The van der Waals surface area contributed by atoms with Gasteiger partial charge in [0, 0.05) is 43.6 Å². The molecule has 2 aromatic rings. The summed E-state index contributed by atoms with van der Waals surface area (Å²) in [6.45, 7) is 7.13. The minimum Gasteiger partial charge on any atom is -0.356 e. The van der Waals surface area contributed by atoms with Crippen LogP contribution >= 0.6 is 0 Å². The second kappa shape index (κ2) is 9.35. The van der Waals surface area contributed by atoms with E-state index in [-0.39, 0.29) is 11.8 Å². The van der Waals surface area contributed by atoms with Crippen molar-refractivity contribution in [2.45, 2.75) is 33.1 Å². The van der Waals surface area contributed by atoms with E-state index in [1.54, 1.807) is 41.4 Å². The minimum absolute atomic E-state index is 0.00233. The van der Waals surface area contributed by atoms with Crippen LogP contribution in [-0.4, -0.2) is 47.9 Å². The number of pyridine rings is 1. The molecule has 6 nitrogen and oxygen atoms in total. The first-order chi connectivity index (χ1) is 13.6. The van der Waals surface area contributed by atoms with E-state index >= 15 is 0 Å². The van der Waals surface area contributed by atoms with E-state index in [4.69, 9.17) is 0 Å². The minimum atomic E-state index is -0.184.